The van der Waals surface area contributed by atoms with Gasteiger partial charge in [-0.1, -0.05) is 13.8 Å². The van der Waals surface area contributed by atoms with Crippen LogP contribution in [0.3, 0.4) is 0 Å². The predicted octanol–water partition coefficient (Wildman–Crippen LogP) is -2.93. The van der Waals surface area contributed by atoms with Crippen molar-refractivity contribution in [3.05, 3.63) is 11.5 Å². The van der Waals surface area contributed by atoms with Crippen LogP contribution in [0.5, 0.6) is 0 Å². The molecule has 98 valence electrons. The first-order valence-corrected chi connectivity index (χ1v) is 5.24. The van der Waals surface area contributed by atoms with Crippen molar-refractivity contribution in [1.82, 2.24) is 0 Å². The van der Waals surface area contributed by atoms with Crippen LogP contribution in [-0.4, -0.2) is 32.9 Å². The van der Waals surface area contributed by atoms with Crippen molar-refractivity contribution in [3.8, 4) is 0 Å². The first kappa shape index (κ1) is 12.6. The Balaban J connectivity index is 2.71. The van der Waals surface area contributed by atoms with Gasteiger partial charge in [0.15, 0.2) is 5.72 Å². The summed E-state index contributed by atoms with van der Waals surface area (Å²) in [5.74, 6) is -0.814. The lowest BCUT2D eigenvalue weighted by atomic mass is 9.68. The highest BCUT2D eigenvalue weighted by Crippen LogP contribution is 2.59. The van der Waals surface area contributed by atoms with Gasteiger partial charge in [0.25, 0.3) is 0 Å². The Kier molecular flexibility index (Phi) is 2.02. The molecule has 1 saturated heterocycles. The van der Waals surface area contributed by atoms with Crippen LogP contribution in [0.25, 0.3) is 0 Å². The highest BCUT2D eigenvalue weighted by Gasteiger charge is 2.86. The van der Waals surface area contributed by atoms with Crippen LogP contribution in [0.4, 0.5) is 0 Å². The molecule has 0 aromatic carbocycles. The fraction of sp³-hybridized carbons (Fsp3) is 0.778. The number of hydrogen-bond acceptors (Lipinski definition) is 8. The number of nitrogens with two attached hydrogens (primary N) is 5. The molecular formula is C9H19N5O3. The SMILES string of the molecule is CC(C)[C@@]1(N)C(O)=C(N)[C@@](N)(O)[C@@]2(N)O[C@]21N. The lowest BCUT2D eigenvalue weighted by Gasteiger charge is -2.45. The fourth-order valence-electron chi connectivity index (χ4n) is 2.46. The molecule has 1 fully saturated rings. The van der Waals surface area contributed by atoms with Crippen molar-refractivity contribution in [2.24, 2.45) is 34.6 Å². The second-order valence-electron chi connectivity index (χ2n) is 5.13. The molecule has 8 nitrogen and oxygen atoms in total. The number of fused-ring (bicyclic) bond motifs is 1. The zero-order valence-corrected chi connectivity index (χ0v) is 9.77. The quantitative estimate of drug-likeness (QED) is 0.189. The van der Waals surface area contributed by atoms with Crippen LogP contribution >= 0.6 is 0 Å². The molecule has 4 atom stereocenters. The van der Waals surface area contributed by atoms with Gasteiger partial charge in [-0.15, -0.1) is 0 Å². The van der Waals surface area contributed by atoms with E-state index in [1.54, 1.807) is 13.8 Å². The highest BCUT2D eigenvalue weighted by atomic mass is 16.7. The van der Waals surface area contributed by atoms with E-state index in [1.165, 1.54) is 0 Å². The monoisotopic (exact) mass is 245 g/mol. The minimum Gasteiger partial charge on any atom is -0.508 e. The Hall–Kier alpha value is -0.900. The van der Waals surface area contributed by atoms with Crippen LogP contribution < -0.4 is 28.7 Å². The zero-order chi connectivity index (χ0) is 13.4. The standard InChI is InChI=1S/C9H19N5O3/c1-3(2)6(11)5(15)4(10)7(12,16)9(14)8(6,13)17-9/h3,15-16H,10-14H2,1-2H3/t6-,7-,8+,9-/m1/s1. The first-order chi connectivity index (χ1) is 7.47. The second-order valence-corrected chi connectivity index (χ2v) is 5.13. The van der Waals surface area contributed by atoms with E-state index in [0.29, 0.717) is 0 Å². The molecule has 1 aliphatic carbocycles. The number of epoxide rings is 1. The van der Waals surface area contributed by atoms with E-state index in [2.05, 4.69) is 0 Å². The van der Waals surface area contributed by atoms with E-state index in [-0.39, 0.29) is 5.92 Å². The number of ether oxygens (including phenoxy) is 1. The number of rotatable bonds is 1. The topological polar surface area (TPSA) is 183 Å². The Morgan fingerprint density at radius 2 is 1.59 bits per heavy atom. The molecule has 12 N–H and O–H groups in total. The Morgan fingerprint density at radius 1 is 1.12 bits per heavy atom. The lowest BCUT2D eigenvalue weighted by molar-refractivity contribution is -0.0128. The van der Waals surface area contributed by atoms with E-state index in [1.807, 2.05) is 0 Å². The average Bonchev–Trinajstić information content (AvgIpc) is 2.80. The second kappa shape index (κ2) is 2.74. The summed E-state index contributed by atoms with van der Waals surface area (Å²) in [7, 11) is 0. The van der Waals surface area contributed by atoms with Crippen molar-refractivity contribution in [2.45, 2.75) is 36.6 Å². The van der Waals surface area contributed by atoms with Gasteiger partial charge in [0, 0.05) is 0 Å². The average molecular weight is 245 g/mol. The third-order valence-corrected chi connectivity index (χ3v) is 3.98. The van der Waals surface area contributed by atoms with Crippen molar-refractivity contribution in [1.29, 1.82) is 0 Å². The van der Waals surface area contributed by atoms with Gasteiger partial charge in [-0.25, -0.2) is 0 Å². The van der Waals surface area contributed by atoms with E-state index in [9.17, 15) is 10.2 Å². The van der Waals surface area contributed by atoms with Gasteiger partial charge in [-0.3, -0.25) is 17.2 Å². The third kappa shape index (κ3) is 0.955. The van der Waals surface area contributed by atoms with Gasteiger partial charge in [0.1, 0.15) is 17.0 Å². The van der Waals surface area contributed by atoms with Crippen LogP contribution in [-0.2, 0) is 4.74 Å². The van der Waals surface area contributed by atoms with E-state index in [4.69, 9.17) is 33.4 Å². The van der Waals surface area contributed by atoms with Gasteiger partial charge in [0.2, 0.25) is 11.4 Å². The largest absolute Gasteiger partial charge is 0.508 e. The third-order valence-electron chi connectivity index (χ3n) is 3.98. The van der Waals surface area contributed by atoms with Crippen LogP contribution in [0.1, 0.15) is 13.8 Å². The summed E-state index contributed by atoms with van der Waals surface area (Å²) in [4.78, 5) is 0. The molecule has 0 aromatic rings. The Labute approximate surface area is 98.4 Å². The van der Waals surface area contributed by atoms with Crippen molar-refractivity contribution in [2.75, 3.05) is 0 Å². The maximum atomic E-state index is 10.1. The van der Waals surface area contributed by atoms with Crippen molar-refractivity contribution >= 4 is 0 Å². The summed E-state index contributed by atoms with van der Waals surface area (Å²) in [5, 5.41) is 20.1. The van der Waals surface area contributed by atoms with Gasteiger partial charge in [0.05, 0.1) is 0 Å². The Bertz CT molecular complexity index is 423. The summed E-state index contributed by atoms with van der Waals surface area (Å²) in [6.45, 7) is 3.45. The molecule has 0 spiro atoms. The van der Waals surface area contributed by atoms with Crippen LogP contribution in [0, 0.1) is 5.92 Å². The molecule has 2 rings (SSSR count). The molecule has 0 unspecified atom stereocenters. The van der Waals surface area contributed by atoms with Crippen LogP contribution in [0.2, 0.25) is 0 Å². The lowest BCUT2D eigenvalue weighted by Crippen LogP contribution is -2.78. The molecular weight excluding hydrogens is 226 g/mol. The summed E-state index contributed by atoms with van der Waals surface area (Å²) in [6.07, 6.45) is 0. The van der Waals surface area contributed by atoms with Crippen LogP contribution in [0.15, 0.2) is 11.5 Å². The van der Waals surface area contributed by atoms with Gasteiger partial charge < -0.3 is 26.4 Å². The maximum absolute atomic E-state index is 10.1. The first-order valence-electron chi connectivity index (χ1n) is 5.24. The molecule has 0 amide bonds. The van der Waals surface area contributed by atoms with Crippen molar-refractivity contribution in [3.63, 3.8) is 0 Å². The molecule has 1 aliphatic heterocycles. The molecule has 8 heteroatoms. The summed E-state index contributed by atoms with van der Waals surface area (Å²) < 4.78 is 5.16. The smallest absolute Gasteiger partial charge is 0.212 e. The number of aliphatic hydroxyl groups excluding tert-OH is 1. The summed E-state index contributed by atoms with van der Waals surface area (Å²) in [5.41, 5.74) is 21.3. The molecule has 0 saturated carbocycles. The highest BCUT2D eigenvalue weighted by molar-refractivity contribution is 5.46. The zero-order valence-electron chi connectivity index (χ0n) is 9.77. The predicted molar refractivity (Wildman–Crippen MR) is 59.7 cm³/mol. The number of aliphatic hydroxyl groups is 2. The molecule has 2 aliphatic rings. The summed E-state index contributed by atoms with van der Waals surface area (Å²) >= 11 is 0. The molecule has 17 heavy (non-hydrogen) atoms. The fourth-order valence-corrected chi connectivity index (χ4v) is 2.46. The van der Waals surface area contributed by atoms with E-state index >= 15 is 0 Å². The Morgan fingerprint density at radius 3 is 2.00 bits per heavy atom. The van der Waals surface area contributed by atoms with Crippen molar-refractivity contribution < 1.29 is 14.9 Å². The normalized spacial score (nSPS) is 53.9. The minimum atomic E-state index is -2.26. The minimum absolute atomic E-state index is 0.326. The molecule has 0 radical (unpaired) electrons. The van der Waals surface area contributed by atoms with Gasteiger partial charge in [-0.05, 0) is 5.92 Å². The molecule has 0 aromatic heterocycles. The summed E-state index contributed by atoms with van der Waals surface area (Å²) in [6, 6.07) is 0. The van der Waals surface area contributed by atoms with Gasteiger partial charge in [-0.2, -0.15) is 0 Å². The van der Waals surface area contributed by atoms with Gasteiger partial charge >= 0.3 is 0 Å². The van der Waals surface area contributed by atoms with E-state index in [0.717, 1.165) is 0 Å². The number of hydrogen-bond donors (Lipinski definition) is 7. The van der Waals surface area contributed by atoms with E-state index < -0.39 is 34.2 Å². The maximum Gasteiger partial charge on any atom is 0.212 e. The molecule has 1 heterocycles. The molecule has 0 bridgehead atoms.